The zero-order chi connectivity index (χ0) is 29.2. The van der Waals surface area contributed by atoms with Gasteiger partial charge in [0.1, 0.15) is 5.82 Å². The number of aliphatic hydroxyl groups is 1. The highest BCUT2D eigenvalue weighted by atomic mass is 35.5. The second-order valence-electron chi connectivity index (χ2n) is 10.1. The molecule has 6 rings (SSSR count). The number of ether oxygens (including phenoxy) is 2. The van der Waals surface area contributed by atoms with Crippen molar-refractivity contribution in [2.24, 2.45) is 0 Å². The number of aromatic nitrogens is 4. The van der Waals surface area contributed by atoms with Gasteiger partial charge in [0.15, 0.2) is 11.2 Å². The van der Waals surface area contributed by atoms with Crippen molar-refractivity contribution in [1.29, 1.82) is 0 Å². The molecule has 0 radical (unpaired) electrons. The third kappa shape index (κ3) is 3.65. The predicted molar refractivity (Wildman–Crippen MR) is 152 cm³/mol. The number of aliphatic hydroxyl groups excluding tert-OH is 1. The molecule has 11 nitrogen and oxygen atoms in total. The Labute approximate surface area is 240 Å². The molecule has 2 aromatic heterocycles. The van der Waals surface area contributed by atoms with Gasteiger partial charge in [0.25, 0.3) is 11.8 Å². The van der Waals surface area contributed by atoms with Gasteiger partial charge in [0.2, 0.25) is 5.88 Å². The number of hydrogen-bond acceptors (Lipinski definition) is 8. The summed E-state index contributed by atoms with van der Waals surface area (Å²) in [6.07, 6.45) is 1.48. The van der Waals surface area contributed by atoms with Crippen molar-refractivity contribution < 1.29 is 24.2 Å². The van der Waals surface area contributed by atoms with E-state index in [0.29, 0.717) is 33.2 Å². The van der Waals surface area contributed by atoms with Gasteiger partial charge in [-0.2, -0.15) is 4.98 Å². The van der Waals surface area contributed by atoms with Crippen LogP contribution >= 0.6 is 11.6 Å². The van der Waals surface area contributed by atoms with E-state index in [-0.39, 0.29) is 30.0 Å². The molecule has 0 fully saturated rings. The number of carbonyl (C=O) groups excluding carboxylic acids is 2. The predicted octanol–water partition coefficient (Wildman–Crippen LogP) is 4.04. The number of anilines is 2. The largest absolute Gasteiger partial charge is 0.480 e. The number of fused-ring (bicyclic) bond motifs is 4. The zero-order valence-corrected chi connectivity index (χ0v) is 23.8. The lowest BCUT2D eigenvalue weighted by atomic mass is 9.86. The number of nitrogens with zero attached hydrogens (tertiary/aromatic N) is 5. The first-order valence-corrected chi connectivity index (χ1v) is 13.3. The monoisotopic (exact) mass is 574 g/mol. The van der Waals surface area contributed by atoms with Gasteiger partial charge in [-0.05, 0) is 50.1 Å². The summed E-state index contributed by atoms with van der Waals surface area (Å²) in [6, 6.07) is 10.3. The minimum atomic E-state index is -1.65. The number of nitrogens with one attached hydrogen (secondary N) is 1. The maximum Gasteiger partial charge on any atom is 0.319 e. The van der Waals surface area contributed by atoms with Gasteiger partial charge in [-0.1, -0.05) is 29.8 Å². The summed E-state index contributed by atoms with van der Waals surface area (Å²) in [5.41, 5.74) is 2.39. The van der Waals surface area contributed by atoms with E-state index in [1.807, 2.05) is 32.0 Å². The van der Waals surface area contributed by atoms with Crippen LogP contribution in [0.5, 0.6) is 11.9 Å². The Kier molecular flexibility index (Phi) is 6.24. The Morgan fingerprint density at radius 2 is 1.88 bits per heavy atom. The highest BCUT2D eigenvalue weighted by molar-refractivity contribution is 6.31. The molecule has 4 aromatic rings. The van der Waals surface area contributed by atoms with E-state index in [1.54, 1.807) is 29.7 Å². The standard InChI is InChI=1S/C29H27ClN6O5/c1-14-6-9-19-20(10-14)32-27(39)29(19)23-22(26(38)36(29)21-11-17(30)8-7-15(21)2)33-24(35(23)16(3)13-37)18-12-31-28(41-5)34-25(18)40-4/h6-12,16,37H,13H2,1-5H3,(H,32,39). The van der Waals surface area contributed by atoms with Crippen LogP contribution in [0.15, 0.2) is 42.6 Å². The smallest absolute Gasteiger partial charge is 0.319 e. The molecular weight excluding hydrogens is 548 g/mol. The molecule has 1 spiro atoms. The molecule has 2 aliphatic rings. The molecule has 0 saturated heterocycles. The summed E-state index contributed by atoms with van der Waals surface area (Å²) in [7, 11) is 2.88. The number of aryl methyl sites for hydroxylation is 2. The highest BCUT2D eigenvalue weighted by Gasteiger charge is 2.64. The van der Waals surface area contributed by atoms with Crippen LogP contribution in [0.3, 0.4) is 0 Å². The first kappa shape index (κ1) is 26.7. The Balaban J connectivity index is 1.74. The quantitative estimate of drug-likeness (QED) is 0.353. The molecular formula is C29H27ClN6O5. The molecule has 2 unspecified atom stereocenters. The van der Waals surface area contributed by atoms with Gasteiger partial charge in [-0.3, -0.25) is 14.5 Å². The number of benzene rings is 2. The average Bonchev–Trinajstić information content (AvgIpc) is 3.57. The number of methoxy groups -OCH3 is 2. The second kappa shape index (κ2) is 9.57. The van der Waals surface area contributed by atoms with E-state index in [4.69, 9.17) is 26.1 Å². The summed E-state index contributed by atoms with van der Waals surface area (Å²) in [5.74, 6) is -0.504. The molecule has 2 N–H and O–H groups in total. The SMILES string of the molecule is COc1ncc(-c2nc3c(n2C(C)CO)C2(C(=O)Nc4cc(C)ccc42)N(c2cc(Cl)ccc2C)C3=O)c(OC)n1. The molecule has 2 atom stereocenters. The summed E-state index contributed by atoms with van der Waals surface area (Å²) in [4.78, 5) is 43.6. The number of imidazole rings is 1. The van der Waals surface area contributed by atoms with Crippen LogP contribution in [0.1, 0.15) is 45.8 Å². The molecule has 0 aliphatic carbocycles. The van der Waals surface area contributed by atoms with Crippen LogP contribution in [0.4, 0.5) is 11.4 Å². The summed E-state index contributed by atoms with van der Waals surface area (Å²) in [5, 5.41) is 13.8. The number of hydrogen-bond donors (Lipinski definition) is 2. The van der Waals surface area contributed by atoms with Crippen LogP contribution in [0.2, 0.25) is 5.02 Å². The van der Waals surface area contributed by atoms with Crippen LogP contribution in [0, 0.1) is 13.8 Å². The first-order valence-electron chi connectivity index (χ1n) is 12.9. The van der Waals surface area contributed by atoms with Crippen molar-refractivity contribution in [3.8, 4) is 23.3 Å². The molecule has 4 heterocycles. The Hall–Kier alpha value is -4.48. The van der Waals surface area contributed by atoms with Crippen LogP contribution in [0.25, 0.3) is 11.4 Å². The Bertz CT molecular complexity index is 1750. The third-order valence-corrected chi connectivity index (χ3v) is 7.84. The van der Waals surface area contributed by atoms with Gasteiger partial charge < -0.3 is 24.5 Å². The third-order valence-electron chi connectivity index (χ3n) is 7.60. The van der Waals surface area contributed by atoms with Gasteiger partial charge in [-0.15, -0.1) is 0 Å². The highest BCUT2D eigenvalue weighted by Crippen LogP contribution is 2.55. The van der Waals surface area contributed by atoms with Crippen LogP contribution < -0.4 is 19.7 Å². The zero-order valence-electron chi connectivity index (χ0n) is 23.0. The minimum Gasteiger partial charge on any atom is -0.480 e. The van der Waals surface area contributed by atoms with E-state index in [2.05, 4.69) is 15.3 Å². The molecule has 2 amide bonds. The topological polar surface area (TPSA) is 132 Å². The van der Waals surface area contributed by atoms with Gasteiger partial charge in [0.05, 0.1) is 43.8 Å². The Morgan fingerprint density at radius 3 is 2.59 bits per heavy atom. The minimum absolute atomic E-state index is 0.0566. The molecule has 2 aromatic carbocycles. The fraction of sp³-hybridized carbons (Fsp3) is 0.276. The van der Waals surface area contributed by atoms with Gasteiger partial charge >= 0.3 is 6.01 Å². The summed E-state index contributed by atoms with van der Waals surface area (Å²) in [6.45, 7) is 5.24. The lowest BCUT2D eigenvalue weighted by molar-refractivity contribution is -0.119. The van der Waals surface area contributed by atoms with E-state index in [1.165, 1.54) is 25.3 Å². The van der Waals surface area contributed by atoms with Crippen molar-refractivity contribution in [2.75, 3.05) is 31.0 Å². The summed E-state index contributed by atoms with van der Waals surface area (Å²) >= 11 is 6.42. The van der Waals surface area contributed by atoms with Crippen LogP contribution in [-0.2, 0) is 10.3 Å². The molecule has 210 valence electrons. The maximum absolute atomic E-state index is 14.5. The molecule has 0 bridgehead atoms. The van der Waals surface area contributed by atoms with Gasteiger partial charge in [-0.25, -0.2) is 9.97 Å². The van der Waals surface area contributed by atoms with E-state index < -0.39 is 23.4 Å². The van der Waals surface area contributed by atoms with Crippen molar-refractivity contribution in [2.45, 2.75) is 32.4 Å². The number of carbonyl (C=O) groups is 2. The fourth-order valence-corrected chi connectivity index (χ4v) is 5.90. The molecule has 41 heavy (non-hydrogen) atoms. The van der Waals surface area contributed by atoms with Crippen molar-refractivity contribution in [3.63, 3.8) is 0 Å². The Morgan fingerprint density at radius 1 is 1.10 bits per heavy atom. The van der Waals surface area contributed by atoms with Crippen LogP contribution in [-0.4, -0.2) is 57.3 Å². The molecule has 12 heteroatoms. The number of halogens is 1. The summed E-state index contributed by atoms with van der Waals surface area (Å²) < 4.78 is 12.4. The lowest BCUT2D eigenvalue weighted by Crippen LogP contribution is -2.51. The van der Waals surface area contributed by atoms with E-state index >= 15 is 0 Å². The molecule has 0 saturated carbocycles. The number of rotatable bonds is 6. The lowest BCUT2D eigenvalue weighted by Gasteiger charge is -2.36. The van der Waals surface area contributed by atoms with E-state index in [0.717, 1.165) is 11.1 Å². The second-order valence-corrected chi connectivity index (χ2v) is 10.5. The molecule has 2 aliphatic heterocycles. The van der Waals surface area contributed by atoms with E-state index in [9.17, 15) is 14.7 Å². The maximum atomic E-state index is 14.5. The first-order chi connectivity index (χ1) is 19.7. The van der Waals surface area contributed by atoms with Crippen molar-refractivity contribution >= 4 is 34.8 Å². The van der Waals surface area contributed by atoms with Crippen molar-refractivity contribution in [3.05, 3.63) is 75.7 Å². The number of amides is 2. The van der Waals surface area contributed by atoms with Crippen molar-refractivity contribution in [1.82, 2.24) is 19.5 Å². The average molecular weight is 575 g/mol. The van der Waals surface area contributed by atoms with Gasteiger partial charge in [0, 0.05) is 22.5 Å². The normalized spacial score (nSPS) is 18.0. The fourth-order valence-electron chi connectivity index (χ4n) is 5.73.